The van der Waals surface area contributed by atoms with Crippen molar-refractivity contribution in [1.82, 2.24) is 0 Å². The standard InChI is InChI=1S/C11H16FN/c1-7-5-9(11(3,4)13)6-10(12)8(7)2/h5-6H,13H2,1-4H3. The molecule has 0 bridgehead atoms. The molecule has 0 saturated carbocycles. The predicted octanol–water partition coefficient (Wildman–Crippen LogP) is 2.64. The first-order valence-corrected chi connectivity index (χ1v) is 4.38. The summed E-state index contributed by atoms with van der Waals surface area (Å²) in [4.78, 5) is 0. The Balaban J connectivity index is 3.29. The van der Waals surface area contributed by atoms with Crippen molar-refractivity contribution in [3.8, 4) is 0 Å². The summed E-state index contributed by atoms with van der Waals surface area (Å²) in [5.41, 5.74) is 7.90. The largest absolute Gasteiger partial charge is 0.322 e. The van der Waals surface area contributed by atoms with E-state index in [2.05, 4.69) is 0 Å². The van der Waals surface area contributed by atoms with Gasteiger partial charge in [0, 0.05) is 5.54 Å². The molecule has 1 rings (SSSR count). The van der Waals surface area contributed by atoms with Crippen molar-refractivity contribution in [1.29, 1.82) is 0 Å². The summed E-state index contributed by atoms with van der Waals surface area (Å²) >= 11 is 0. The molecule has 1 aromatic rings. The highest BCUT2D eigenvalue weighted by atomic mass is 19.1. The number of rotatable bonds is 1. The Hall–Kier alpha value is -0.890. The van der Waals surface area contributed by atoms with Gasteiger partial charge in [0.05, 0.1) is 0 Å². The van der Waals surface area contributed by atoms with Crippen LogP contribution in [0.5, 0.6) is 0 Å². The smallest absolute Gasteiger partial charge is 0.126 e. The van der Waals surface area contributed by atoms with E-state index in [1.165, 1.54) is 6.07 Å². The van der Waals surface area contributed by atoms with E-state index in [1.807, 2.05) is 26.8 Å². The second-order valence-electron chi connectivity index (χ2n) is 4.12. The van der Waals surface area contributed by atoms with Crippen molar-refractivity contribution >= 4 is 0 Å². The molecule has 0 aliphatic heterocycles. The zero-order valence-electron chi connectivity index (χ0n) is 8.61. The van der Waals surface area contributed by atoms with Crippen LogP contribution in [0.3, 0.4) is 0 Å². The third-order valence-electron chi connectivity index (χ3n) is 2.35. The van der Waals surface area contributed by atoms with Gasteiger partial charge < -0.3 is 5.73 Å². The van der Waals surface area contributed by atoms with Crippen LogP contribution in [-0.2, 0) is 5.54 Å². The van der Waals surface area contributed by atoms with Crippen molar-refractivity contribution in [3.05, 3.63) is 34.6 Å². The Bertz CT molecular complexity index is 300. The van der Waals surface area contributed by atoms with Crippen LogP contribution in [0.25, 0.3) is 0 Å². The predicted molar refractivity (Wildman–Crippen MR) is 53.1 cm³/mol. The maximum Gasteiger partial charge on any atom is 0.126 e. The molecule has 0 heterocycles. The first-order valence-electron chi connectivity index (χ1n) is 4.38. The van der Waals surface area contributed by atoms with E-state index < -0.39 is 5.54 Å². The minimum atomic E-state index is -0.473. The van der Waals surface area contributed by atoms with Crippen LogP contribution in [0.1, 0.15) is 30.5 Å². The molecule has 2 heteroatoms. The average Bonchev–Trinajstić information content (AvgIpc) is 1.97. The number of hydrogen-bond acceptors (Lipinski definition) is 1. The summed E-state index contributed by atoms with van der Waals surface area (Å²) in [5, 5.41) is 0. The van der Waals surface area contributed by atoms with Gasteiger partial charge in [-0.15, -0.1) is 0 Å². The fourth-order valence-electron chi connectivity index (χ4n) is 1.19. The Labute approximate surface area is 78.8 Å². The Morgan fingerprint density at radius 3 is 2.15 bits per heavy atom. The van der Waals surface area contributed by atoms with Crippen LogP contribution in [-0.4, -0.2) is 0 Å². The van der Waals surface area contributed by atoms with E-state index in [9.17, 15) is 4.39 Å². The van der Waals surface area contributed by atoms with Gasteiger partial charge in [0.2, 0.25) is 0 Å². The second kappa shape index (κ2) is 3.11. The SMILES string of the molecule is Cc1cc(C(C)(C)N)cc(F)c1C. The van der Waals surface area contributed by atoms with Gasteiger partial charge in [-0.3, -0.25) is 0 Å². The summed E-state index contributed by atoms with van der Waals surface area (Å²) in [6.45, 7) is 7.42. The summed E-state index contributed by atoms with van der Waals surface area (Å²) < 4.78 is 13.3. The van der Waals surface area contributed by atoms with E-state index in [0.717, 1.165) is 11.1 Å². The lowest BCUT2D eigenvalue weighted by molar-refractivity contribution is 0.541. The molecule has 13 heavy (non-hydrogen) atoms. The van der Waals surface area contributed by atoms with Crippen LogP contribution in [0.15, 0.2) is 12.1 Å². The van der Waals surface area contributed by atoms with Gasteiger partial charge in [-0.25, -0.2) is 4.39 Å². The molecule has 0 aliphatic rings. The number of aryl methyl sites for hydroxylation is 1. The average molecular weight is 181 g/mol. The van der Waals surface area contributed by atoms with Crippen molar-refractivity contribution in [2.75, 3.05) is 0 Å². The first-order chi connectivity index (χ1) is 5.82. The maximum atomic E-state index is 13.3. The van der Waals surface area contributed by atoms with Crippen LogP contribution < -0.4 is 5.73 Å². The molecule has 0 radical (unpaired) electrons. The Morgan fingerprint density at radius 1 is 1.23 bits per heavy atom. The highest BCUT2D eigenvalue weighted by molar-refractivity contribution is 5.34. The molecule has 0 aliphatic carbocycles. The van der Waals surface area contributed by atoms with E-state index >= 15 is 0 Å². The van der Waals surface area contributed by atoms with Gasteiger partial charge in [-0.2, -0.15) is 0 Å². The minimum absolute atomic E-state index is 0.173. The van der Waals surface area contributed by atoms with E-state index in [0.29, 0.717) is 5.56 Å². The van der Waals surface area contributed by atoms with Crippen molar-refractivity contribution in [3.63, 3.8) is 0 Å². The van der Waals surface area contributed by atoms with Gasteiger partial charge in [0.25, 0.3) is 0 Å². The second-order valence-corrected chi connectivity index (χ2v) is 4.12. The quantitative estimate of drug-likeness (QED) is 0.708. The van der Waals surface area contributed by atoms with E-state index in [4.69, 9.17) is 5.73 Å². The molecule has 2 N–H and O–H groups in total. The van der Waals surface area contributed by atoms with Gasteiger partial charge in [-0.1, -0.05) is 6.07 Å². The highest BCUT2D eigenvalue weighted by Gasteiger charge is 2.16. The zero-order valence-corrected chi connectivity index (χ0v) is 8.61. The lowest BCUT2D eigenvalue weighted by atomic mass is 9.92. The fourth-order valence-corrected chi connectivity index (χ4v) is 1.19. The topological polar surface area (TPSA) is 26.0 Å². The molecule has 0 amide bonds. The molecule has 0 saturated heterocycles. The number of nitrogens with two attached hydrogens (primary N) is 1. The third kappa shape index (κ3) is 2.07. The van der Waals surface area contributed by atoms with Crippen LogP contribution in [0.2, 0.25) is 0 Å². The molecule has 0 fully saturated rings. The highest BCUT2D eigenvalue weighted by Crippen LogP contribution is 2.22. The fraction of sp³-hybridized carbons (Fsp3) is 0.455. The molecular weight excluding hydrogens is 165 g/mol. The number of halogens is 1. The first kappa shape index (κ1) is 10.2. The molecule has 1 nitrogen and oxygen atoms in total. The number of hydrogen-bond donors (Lipinski definition) is 1. The molecule has 1 aromatic carbocycles. The minimum Gasteiger partial charge on any atom is -0.322 e. The summed E-state index contributed by atoms with van der Waals surface area (Å²) in [7, 11) is 0. The van der Waals surface area contributed by atoms with Gasteiger partial charge in [0.1, 0.15) is 5.82 Å². The van der Waals surface area contributed by atoms with E-state index in [1.54, 1.807) is 6.92 Å². The molecule has 0 spiro atoms. The summed E-state index contributed by atoms with van der Waals surface area (Å²) in [5.74, 6) is -0.173. The lowest BCUT2D eigenvalue weighted by Crippen LogP contribution is -2.29. The van der Waals surface area contributed by atoms with Crippen molar-refractivity contribution in [2.24, 2.45) is 5.73 Å². The zero-order chi connectivity index (χ0) is 10.2. The molecule has 72 valence electrons. The molecule has 0 unspecified atom stereocenters. The maximum absolute atomic E-state index is 13.3. The van der Waals surface area contributed by atoms with Crippen LogP contribution in [0.4, 0.5) is 4.39 Å². The Kier molecular flexibility index (Phi) is 2.44. The summed E-state index contributed by atoms with van der Waals surface area (Å²) in [6.07, 6.45) is 0. The van der Waals surface area contributed by atoms with Gasteiger partial charge in [0.15, 0.2) is 0 Å². The van der Waals surface area contributed by atoms with Crippen LogP contribution in [0, 0.1) is 19.7 Å². The number of benzene rings is 1. The van der Waals surface area contributed by atoms with E-state index in [-0.39, 0.29) is 5.82 Å². The van der Waals surface area contributed by atoms with Crippen molar-refractivity contribution < 1.29 is 4.39 Å². The lowest BCUT2D eigenvalue weighted by Gasteiger charge is -2.20. The molecule has 0 atom stereocenters. The normalized spacial score (nSPS) is 11.8. The molecule has 0 aromatic heterocycles. The van der Waals surface area contributed by atoms with Gasteiger partial charge in [-0.05, 0) is 50.5 Å². The monoisotopic (exact) mass is 181 g/mol. The van der Waals surface area contributed by atoms with Crippen molar-refractivity contribution in [2.45, 2.75) is 33.2 Å². The van der Waals surface area contributed by atoms with Crippen LogP contribution >= 0.6 is 0 Å². The summed E-state index contributed by atoms with van der Waals surface area (Å²) in [6, 6.07) is 3.46. The Morgan fingerprint density at radius 2 is 1.77 bits per heavy atom. The molecular formula is C11H16FN. The van der Waals surface area contributed by atoms with Gasteiger partial charge >= 0.3 is 0 Å². The third-order valence-corrected chi connectivity index (χ3v) is 2.35.